The number of hydrogen-bond donors (Lipinski definition) is 3. The van der Waals surface area contributed by atoms with Crippen LogP contribution in [0.25, 0.3) is 0 Å². The Labute approximate surface area is 183 Å². The molecule has 2 saturated carbocycles. The molecule has 30 heavy (non-hydrogen) atoms. The van der Waals surface area contributed by atoms with Crippen LogP contribution in [-0.2, 0) is 14.4 Å². The highest BCUT2D eigenvalue weighted by Crippen LogP contribution is 2.47. The van der Waals surface area contributed by atoms with Gasteiger partial charge in [-0.1, -0.05) is 25.0 Å². The molecule has 168 valence electrons. The standard InChI is InChI=1S/C22H36N4O3S/c1-22(11-12-22)30-25-20(28)16-14-15(16)8-5-3-2-4-6-9-17(23)21(29)26-13-7-10-18(26)19(24)27/h5,8,15-18H,2-4,6-7,9-14,23H2,1H3,(H2,24,27)(H,25,28)/b8-5-/t15-,16?,17+,18+/m1/s1. The molecule has 0 aromatic heterocycles. The van der Waals surface area contributed by atoms with Crippen molar-refractivity contribution in [1.82, 2.24) is 9.62 Å². The largest absolute Gasteiger partial charge is 0.368 e. The normalized spacial score (nSPS) is 27.8. The third-order valence-corrected chi connectivity index (χ3v) is 7.68. The highest BCUT2D eigenvalue weighted by atomic mass is 32.2. The van der Waals surface area contributed by atoms with Crippen molar-refractivity contribution >= 4 is 29.7 Å². The van der Waals surface area contributed by atoms with Crippen molar-refractivity contribution < 1.29 is 14.4 Å². The molecular formula is C22H36N4O3S. The van der Waals surface area contributed by atoms with Crippen LogP contribution in [0.2, 0.25) is 0 Å². The highest BCUT2D eigenvalue weighted by Gasteiger charge is 2.44. The Balaban J connectivity index is 1.22. The van der Waals surface area contributed by atoms with Gasteiger partial charge in [-0.15, -0.1) is 0 Å². The third kappa shape index (κ3) is 6.48. The quantitative estimate of drug-likeness (QED) is 0.246. The van der Waals surface area contributed by atoms with Crippen LogP contribution in [-0.4, -0.2) is 46.0 Å². The predicted molar refractivity (Wildman–Crippen MR) is 119 cm³/mol. The Morgan fingerprint density at radius 3 is 2.73 bits per heavy atom. The maximum absolute atomic E-state index is 12.4. The first-order chi connectivity index (χ1) is 14.3. The second-order valence-corrected chi connectivity index (χ2v) is 10.7. The molecule has 3 fully saturated rings. The van der Waals surface area contributed by atoms with Crippen LogP contribution in [0.15, 0.2) is 12.2 Å². The number of unbranched alkanes of at least 4 members (excludes halogenated alkanes) is 3. The van der Waals surface area contributed by atoms with Crippen LogP contribution in [0, 0.1) is 11.8 Å². The number of primary amides is 1. The summed E-state index contributed by atoms with van der Waals surface area (Å²) in [5.74, 6) is 0.129. The first kappa shape index (κ1) is 23.1. The van der Waals surface area contributed by atoms with Crippen molar-refractivity contribution in [2.75, 3.05) is 6.54 Å². The number of rotatable bonds is 12. The minimum absolute atomic E-state index is 0.148. The van der Waals surface area contributed by atoms with Crippen molar-refractivity contribution in [3.05, 3.63) is 12.2 Å². The monoisotopic (exact) mass is 436 g/mol. The average molecular weight is 437 g/mol. The lowest BCUT2D eigenvalue weighted by Gasteiger charge is -2.25. The Morgan fingerprint density at radius 2 is 2.03 bits per heavy atom. The fraction of sp³-hybridized carbons (Fsp3) is 0.773. The molecule has 4 atom stereocenters. The summed E-state index contributed by atoms with van der Waals surface area (Å²) in [4.78, 5) is 37.5. The summed E-state index contributed by atoms with van der Waals surface area (Å²) in [6, 6.07) is -1.04. The predicted octanol–water partition coefficient (Wildman–Crippen LogP) is 2.25. The number of carbonyl (C=O) groups is 3. The molecule has 7 nitrogen and oxygen atoms in total. The minimum atomic E-state index is -0.554. The zero-order valence-electron chi connectivity index (χ0n) is 18.0. The van der Waals surface area contributed by atoms with Gasteiger partial charge in [-0.25, -0.2) is 0 Å². The molecule has 1 aliphatic heterocycles. The van der Waals surface area contributed by atoms with Crippen LogP contribution in [0.5, 0.6) is 0 Å². The van der Waals surface area contributed by atoms with Crippen molar-refractivity contribution in [2.45, 2.75) is 88.0 Å². The van der Waals surface area contributed by atoms with Crippen molar-refractivity contribution in [3.63, 3.8) is 0 Å². The van der Waals surface area contributed by atoms with E-state index in [2.05, 4.69) is 23.8 Å². The van der Waals surface area contributed by atoms with E-state index in [0.717, 1.165) is 38.5 Å². The molecule has 3 amide bonds. The number of likely N-dealkylation sites (tertiary alicyclic amines) is 1. The number of carbonyl (C=O) groups excluding carboxylic acids is 3. The van der Waals surface area contributed by atoms with Gasteiger partial charge >= 0.3 is 0 Å². The average Bonchev–Trinajstić information content (AvgIpc) is 3.60. The van der Waals surface area contributed by atoms with Crippen LogP contribution in [0.4, 0.5) is 0 Å². The molecular weight excluding hydrogens is 400 g/mol. The van der Waals surface area contributed by atoms with E-state index in [4.69, 9.17) is 11.5 Å². The molecule has 1 heterocycles. The summed E-state index contributed by atoms with van der Waals surface area (Å²) in [7, 11) is 0. The van der Waals surface area contributed by atoms with Gasteiger partial charge in [0.05, 0.1) is 6.04 Å². The van der Waals surface area contributed by atoms with Crippen molar-refractivity contribution in [1.29, 1.82) is 0 Å². The van der Waals surface area contributed by atoms with Gasteiger partial charge < -0.3 is 16.4 Å². The van der Waals surface area contributed by atoms with Gasteiger partial charge in [0.1, 0.15) is 6.04 Å². The molecule has 0 radical (unpaired) electrons. The van der Waals surface area contributed by atoms with Crippen molar-refractivity contribution in [3.8, 4) is 0 Å². The second-order valence-electron chi connectivity index (χ2n) is 9.29. The van der Waals surface area contributed by atoms with Gasteiger partial charge in [0, 0.05) is 17.2 Å². The van der Waals surface area contributed by atoms with Crippen LogP contribution >= 0.6 is 11.9 Å². The molecule has 0 spiro atoms. The van der Waals surface area contributed by atoms with E-state index in [0.29, 0.717) is 25.3 Å². The number of amides is 3. The maximum Gasteiger partial charge on any atom is 0.240 e. The fourth-order valence-corrected chi connectivity index (χ4v) is 4.80. The second kappa shape index (κ2) is 10.2. The summed E-state index contributed by atoms with van der Waals surface area (Å²) >= 11 is 1.59. The molecule has 2 aliphatic carbocycles. The highest BCUT2D eigenvalue weighted by molar-refractivity contribution is 7.99. The van der Waals surface area contributed by atoms with Crippen LogP contribution < -0.4 is 16.2 Å². The molecule has 3 rings (SSSR count). The molecule has 1 unspecified atom stereocenters. The van der Waals surface area contributed by atoms with E-state index in [1.54, 1.807) is 16.8 Å². The number of hydrogen-bond acceptors (Lipinski definition) is 5. The molecule has 8 heteroatoms. The van der Waals surface area contributed by atoms with Gasteiger partial charge in [-0.2, -0.15) is 0 Å². The van der Waals surface area contributed by atoms with Gasteiger partial charge in [-0.3, -0.25) is 19.1 Å². The van der Waals surface area contributed by atoms with Gasteiger partial charge in [-0.05, 0) is 76.2 Å². The summed E-state index contributed by atoms with van der Waals surface area (Å²) in [5.41, 5.74) is 11.4. The van der Waals surface area contributed by atoms with E-state index in [9.17, 15) is 14.4 Å². The van der Waals surface area contributed by atoms with E-state index in [-0.39, 0.29) is 22.5 Å². The molecule has 1 saturated heterocycles. The molecule has 0 aromatic carbocycles. The zero-order valence-corrected chi connectivity index (χ0v) is 18.8. The van der Waals surface area contributed by atoms with Crippen LogP contribution in [0.1, 0.15) is 71.1 Å². The molecule has 0 aromatic rings. The molecule has 5 N–H and O–H groups in total. The zero-order chi connectivity index (χ0) is 21.7. The number of allylic oxidation sites excluding steroid dienone is 2. The van der Waals surface area contributed by atoms with E-state index < -0.39 is 18.0 Å². The van der Waals surface area contributed by atoms with Crippen LogP contribution in [0.3, 0.4) is 0 Å². The SMILES string of the molecule is CC1(SNC(=O)C2C[C@H]2/C=C\CCCCC[C@H](N)C(=O)N2CCC[C@H]2C(N)=O)CC1. The minimum Gasteiger partial charge on any atom is -0.368 e. The third-order valence-electron chi connectivity index (χ3n) is 6.48. The molecule has 3 aliphatic rings. The van der Waals surface area contributed by atoms with E-state index in [1.165, 1.54) is 12.8 Å². The van der Waals surface area contributed by atoms with Gasteiger partial charge in [0.2, 0.25) is 17.7 Å². The summed E-state index contributed by atoms with van der Waals surface area (Å²) in [6.07, 6.45) is 13.7. The number of nitrogens with one attached hydrogen (secondary N) is 1. The maximum atomic E-state index is 12.4. The lowest BCUT2D eigenvalue weighted by atomic mass is 10.1. The van der Waals surface area contributed by atoms with Gasteiger partial charge in [0.25, 0.3) is 0 Å². The van der Waals surface area contributed by atoms with Gasteiger partial charge in [0.15, 0.2) is 0 Å². The topological polar surface area (TPSA) is 119 Å². The Bertz CT molecular complexity index is 679. The molecule has 0 bridgehead atoms. The number of nitrogens with two attached hydrogens (primary N) is 2. The first-order valence-corrected chi connectivity index (χ1v) is 12.1. The lowest BCUT2D eigenvalue weighted by molar-refractivity contribution is -0.138. The number of nitrogens with zero attached hydrogens (tertiary/aromatic N) is 1. The van der Waals surface area contributed by atoms with E-state index in [1.807, 2.05) is 0 Å². The fourth-order valence-electron chi connectivity index (χ4n) is 3.99. The smallest absolute Gasteiger partial charge is 0.240 e. The summed E-state index contributed by atoms with van der Waals surface area (Å²) < 4.78 is 3.30. The Morgan fingerprint density at radius 1 is 1.27 bits per heavy atom. The summed E-state index contributed by atoms with van der Waals surface area (Å²) in [5, 5.41) is 0. The Kier molecular flexibility index (Phi) is 7.85. The Hall–Kier alpha value is -1.54. The first-order valence-electron chi connectivity index (χ1n) is 11.3. The summed E-state index contributed by atoms with van der Waals surface area (Å²) in [6.45, 7) is 2.76. The van der Waals surface area contributed by atoms with E-state index >= 15 is 0 Å². The van der Waals surface area contributed by atoms with Crippen molar-refractivity contribution in [2.24, 2.45) is 23.3 Å². The lowest BCUT2D eigenvalue weighted by Crippen LogP contribution is -2.50.